The maximum absolute atomic E-state index is 11.9. The number of halogens is 2. The highest BCUT2D eigenvalue weighted by molar-refractivity contribution is 14.1. The second-order valence-electron chi connectivity index (χ2n) is 4.62. The van der Waals surface area contributed by atoms with Crippen molar-refractivity contribution in [1.82, 2.24) is 5.32 Å². The number of carbonyl (C=O) groups is 1. The Balaban J connectivity index is 1.97. The van der Waals surface area contributed by atoms with Crippen molar-refractivity contribution in [2.24, 2.45) is 5.41 Å². The molecular weight excluding hydrogens is 352 g/mol. The van der Waals surface area contributed by atoms with Crippen molar-refractivity contribution in [2.75, 3.05) is 19.8 Å². The van der Waals surface area contributed by atoms with Crippen molar-refractivity contribution in [3.8, 4) is 0 Å². The number of nitrogens with one attached hydrogen (secondary N) is 1. The second kappa shape index (κ2) is 5.12. The lowest BCUT2D eigenvalue weighted by molar-refractivity contribution is -0.0978. The van der Waals surface area contributed by atoms with Crippen molar-refractivity contribution < 1.29 is 9.53 Å². The lowest BCUT2D eigenvalue weighted by Crippen LogP contribution is -2.48. The first-order valence-corrected chi connectivity index (χ1v) is 6.77. The van der Waals surface area contributed by atoms with Gasteiger partial charge in [0.2, 0.25) is 0 Å². The van der Waals surface area contributed by atoms with Crippen LogP contribution in [0.25, 0.3) is 0 Å². The quantitative estimate of drug-likeness (QED) is 0.837. The van der Waals surface area contributed by atoms with Gasteiger partial charge in [0, 0.05) is 21.1 Å². The van der Waals surface area contributed by atoms with Crippen LogP contribution in [0.3, 0.4) is 0 Å². The molecule has 17 heavy (non-hydrogen) atoms. The van der Waals surface area contributed by atoms with Gasteiger partial charge in [-0.3, -0.25) is 4.79 Å². The predicted molar refractivity (Wildman–Crippen MR) is 75.4 cm³/mol. The van der Waals surface area contributed by atoms with Gasteiger partial charge in [-0.05, 0) is 40.8 Å². The van der Waals surface area contributed by atoms with Gasteiger partial charge in [0.15, 0.2) is 0 Å². The summed E-state index contributed by atoms with van der Waals surface area (Å²) in [5.74, 6) is -0.0866. The standard InChI is InChI=1S/C12H13ClINO2/c1-12(6-17-7-12)5-15-11(16)8-2-3-10(14)9(13)4-8/h2-4H,5-7H2,1H3,(H,15,16). The van der Waals surface area contributed by atoms with Gasteiger partial charge in [-0.1, -0.05) is 18.5 Å². The fourth-order valence-corrected chi connectivity index (χ4v) is 2.10. The summed E-state index contributed by atoms with van der Waals surface area (Å²) in [6.07, 6.45) is 0. The van der Waals surface area contributed by atoms with Gasteiger partial charge in [-0.25, -0.2) is 0 Å². The average molecular weight is 366 g/mol. The Kier molecular flexibility index (Phi) is 3.95. The van der Waals surface area contributed by atoms with Crippen LogP contribution >= 0.6 is 34.2 Å². The molecule has 1 heterocycles. The zero-order valence-electron chi connectivity index (χ0n) is 9.43. The number of ether oxygens (including phenoxy) is 1. The molecule has 0 atom stereocenters. The molecule has 3 nitrogen and oxygen atoms in total. The van der Waals surface area contributed by atoms with E-state index in [2.05, 4.69) is 34.8 Å². The maximum Gasteiger partial charge on any atom is 0.251 e. The van der Waals surface area contributed by atoms with Crippen molar-refractivity contribution >= 4 is 40.1 Å². The van der Waals surface area contributed by atoms with Crippen LogP contribution in [0, 0.1) is 8.99 Å². The largest absolute Gasteiger partial charge is 0.380 e. The van der Waals surface area contributed by atoms with Crippen molar-refractivity contribution in [1.29, 1.82) is 0 Å². The van der Waals surface area contributed by atoms with Crippen LogP contribution in [0.2, 0.25) is 5.02 Å². The number of rotatable bonds is 3. The zero-order valence-corrected chi connectivity index (χ0v) is 12.3. The van der Waals surface area contributed by atoms with E-state index in [9.17, 15) is 4.79 Å². The van der Waals surface area contributed by atoms with Gasteiger partial charge in [0.05, 0.1) is 18.2 Å². The molecule has 2 rings (SSSR count). The summed E-state index contributed by atoms with van der Waals surface area (Å²) in [6, 6.07) is 5.31. The topological polar surface area (TPSA) is 38.3 Å². The van der Waals surface area contributed by atoms with Crippen molar-refractivity contribution in [2.45, 2.75) is 6.92 Å². The van der Waals surface area contributed by atoms with Crippen LogP contribution in [0.1, 0.15) is 17.3 Å². The van der Waals surface area contributed by atoms with E-state index in [0.717, 1.165) is 3.57 Å². The molecule has 0 aliphatic carbocycles. The van der Waals surface area contributed by atoms with Crippen molar-refractivity contribution in [3.05, 3.63) is 32.4 Å². The first-order chi connectivity index (χ1) is 8.00. The molecule has 0 bridgehead atoms. The van der Waals surface area contributed by atoms with Crippen LogP contribution < -0.4 is 5.32 Å². The molecule has 1 aliphatic rings. The predicted octanol–water partition coefficient (Wildman–Crippen LogP) is 2.71. The van der Waals surface area contributed by atoms with E-state index in [1.807, 2.05) is 6.07 Å². The van der Waals surface area contributed by atoms with Crippen LogP contribution in [0.4, 0.5) is 0 Å². The zero-order chi connectivity index (χ0) is 12.5. The molecule has 5 heteroatoms. The molecule has 1 fully saturated rings. The monoisotopic (exact) mass is 365 g/mol. The Hall–Kier alpha value is -0.330. The third-order valence-corrected chi connectivity index (χ3v) is 4.33. The normalized spacial score (nSPS) is 17.4. The van der Waals surface area contributed by atoms with E-state index in [4.69, 9.17) is 16.3 Å². The van der Waals surface area contributed by atoms with E-state index in [1.54, 1.807) is 12.1 Å². The average Bonchev–Trinajstić information content (AvgIpc) is 2.27. The van der Waals surface area contributed by atoms with Crippen LogP contribution in [-0.4, -0.2) is 25.7 Å². The molecule has 92 valence electrons. The minimum Gasteiger partial charge on any atom is -0.380 e. The fourth-order valence-electron chi connectivity index (χ4n) is 1.59. The molecule has 1 N–H and O–H groups in total. The summed E-state index contributed by atoms with van der Waals surface area (Å²) >= 11 is 8.11. The third kappa shape index (κ3) is 3.11. The van der Waals surface area contributed by atoms with E-state index in [-0.39, 0.29) is 11.3 Å². The molecular formula is C12H13ClINO2. The van der Waals surface area contributed by atoms with Gasteiger partial charge >= 0.3 is 0 Å². The molecule has 1 amide bonds. The summed E-state index contributed by atoms with van der Waals surface area (Å²) in [4.78, 5) is 11.9. The van der Waals surface area contributed by atoms with Crippen molar-refractivity contribution in [3.63, 3.8) is 0 Å². The third-order valence-electron chi connectivity index (χ3n) is 2.76. The van der Waals surface area contributed by atoms with Gasteiger partial charge in [-0.15, -0.1) is 0 Å². The Morgan fingerprint density at radius 3 is 2.82 bits per heavy atom. The molecule has 0 saturated carbocycles. The number of carbonyl (C=O) groups excluding carboxylic acids is 1. The number of amides is 1. The molecule has 1 aromatic carbocycles. The molecule has 1 aromatic rings. The molecule has 0 aromatic heterocycles. The highest BCUT2D eigenvalue weighted by Gasteiger charge is 2.33. The van der Waals surface area contributed by atoms with Gasteiger partial charge in [0.1, 0.15) is 0 Å². The van der Waals surface area contributed by atoms with Gasteiger partial charge < -0.3 is 10.1 Å². The summed E-state index contributed by atoms with van der Waals surface area (Å²) in [7, 11) is 0. The first-order valence-electron chi connectivity index (χ1n) is 5.31. The highest BCUT2D eigenvalue weighted by atomic mass is 127. The summed E-state index contributed by atoms with van der Waals surface area (Å²) in [5, 5.41) is 3.52. The van der Waals surface area contributed by atoms with Gasteiger partial charge in [0.25, 0.3) is 5.91 Å². The maximum atomic E-state index is 11.9. The van der Waals surface area contributed by atoms with Crippen LogP contribution in [0.15, 0.2) is 18.2 Å². The van der Waals surface area contributed by atoms with Gasteiger partial charge in [-0.2, -0.15) is 0 Å². The highest BCUT2D eigenvalue weighted by Crippen LogP contribution is 2.25. The molecule has 1 saturated heterocycles. The van der Waals surface area contributed by atoms with E-state index < -0.39 is 0 Å². The number of hydrogen-bond acceptors (Lipinski definition) is 2. The second-order valence-corrected chi connectivity index (χ2v) is 6.18. The smallest absolute Gasteiger partial charge is 0.251 e. The Morgan fingerprint density at radius 2 is 2.29 bits per heavy atom. The Labute approximate surface area is 119 Å². The molecule has 0 unspecified atom stereocenters. The Bertz CT molecular complexity index is 446. The minimum absolute atomic E-state index is 0.0860. The summed E-state index contributed by atoms with van der Waals surface area (Å²) < 4.78 is 6.08. The lowest BCUT2D eigenvalue weighted by Gasteiger charge is -2.38. The Morgan fingerprint density at radius 1 is 1.59 bits per heavy atom. The van der Waals surface area contributed by atoms with Crippen LogP contribution in [0.5, 0.6) is 0 Å². The minimum atomic E-state index is -0.0866. The van der Waals surface area contributed by atoms with E-state index in [1.165, 1.54) is 0 Å². The lowest BCUT2D eigenvalue weighted by atomic mass is 9.89. The number of hydrogen-bond donors (Lipinski definition) is 1. The SMILES string of the molecule is CC1(CNC(=O)c2ccc(I)c(Cl)c2)COC1. The molecule has 0 spiro atoms. The fraction of sp³-hybridized carbons (Fsp3) is 0.417. The molecule has 1 aliphatic heterocycles. The first kappa shape index (κ1) is 13.1. The van der Waals surface area contributed by atoms with Crippen LogP contribution in [-0.2, 0) is 4.74 Å². The molecule has 0 radical (unpaired) electrons. The number of benzene rings is 1. The van der Waals surface area contributed by atoms with E-state index in [0.29, 0.717) is 30.3 Å². The van der Waals surface area contributed by atoms with E-state index >= 15 is 0 Å². The summed E-state index contributed by atoms with van der Waals surface area (Å²) in [5.41, 5.74) is 0.683. The summed E-state index contributed by atoms with van der Waals surface area (Å²) in [6.45, 7) is 4.15.